The summed E-state index contributed by atoms with van der Waals surface area (Å²) in [6.07, 6.45) is 2.48. The van der Waals surface area contributed by atoms with Gasteiger partial charge in [0, 0.05) is 38.1 Å². The van der Waals surface area contributed by atoms with E-state index < -0.39 is 11.7 Å². The molecule has 0 amide bonds. The summed E-state index contributed by atoms with van der Waals surface area (Å²) in [4.78, 5) is 6.09. The molecule has 0 radical (unpaired) electrons. The molecule has 0 bridgehead atoms. The minimum absolute atomic E-state index is 0.0815. The lowest BCUT2D eigenvalue weighted by Crippen LogP contribution is -2.40. The van der Waals surface area contributed by atoms with E-state index in [-0.39, 0.29) is 12.1 Å². The Hall–Kier alpha value is -3.38. The first-order chi connectivity index (χ1) is 17.3. The fourth-order valence-electron chi connectivity index (χ4n) is 3.91. The predicted octanol–water partition coefficient (Wildman–Crippen LogP) is 5.93. The number of nitriles is 1. The van der Waals surface area contributed by atoms with Gasteiger partial charge in [-0.25, -0.2) is 4.98 Å². The van der Waals surface area contributed by atoms with Crippen molar-refractivity contribution in [3.05, 3.63) is 89.0 Å². The molecule has 0 spiro atoms. The van der Waals surface area contributed by atoms with Crippen LogP contribution in [0, 0.1) is 11.3 Å². The lowest BCUT2D eigenvalue weighted by molar-refractivity contribution is -0.138. The minimum Gasteiger partial charge on any atom is -0.363 e. The standard InChI is InChI=1S/C27H30F3N5S/c1-2-3-14-33-26(36)34(19-23-7-4-5-9-25(23)27(28,29)30)15-6-8-24-17-32-20-35(24)18-22-12-10-21(16-31)11-13-22/h4-5,7,9-13,17,20H,2-3,6,8,14-15,18-19H2,1H3,(H,33,36). The van der Waals surface area contributed by atoms with Crippen molar-refractivity contribution in [2.45, 2.75) is 51.9 Å². The topological polar surface area (TPSA) is 56.9 Å². The zero-order chi connectivity index (χ0) is 26.0. The van der Waals surface area contributed by atoms with Gasteiger partial charge in [0.15, 0.2) is 5.11 Å². The monoisotopic (exact) mass is 513 g/mol. The summed E-state index contributed by atoms with van der Waals surface area (Å²) in [6.45, 7) is 3.97. The Balaban J connectivity index is 1.67. The van der Waals surface area contributed by atoms with Gasteiger partial charge in [0.1, 0.15) is 0 Å². The second kappa shape index (κ2) is 13.1. The molecule has 0 aliphatic carbocycles. The summed E-state index contributed by atoms with van der Waals surface area (Å²) in [5, 5.41) is 12.6. The molecule has 0 unspecified atom stereocenters. The van der Waals surface area contributed by atoms with Crippen molar-refractivity contribution in [2.24, 2.45) is 0 Å². The third-order valence-electron chi connectivity index (χ3n) is 5.87. The van der Waals surface area contributed by atoms with Crippen LogP contribution >= 0.6 is 12.2 Å². The lowest BCUT2D eigenvalue weighted by Gasteiger charge is -2.27. The van der Waals surface area contributed by atoms with Crippen LogP contribution in [0.2, 0.25) is 0 Å². The second-order valence-corrected chi connectivity index (χ2v) is 8.97. The van der Waals surface area contributed by atoms with Crippen molar-refractivity contribution in [1.29, 1.82) is 5.26 Å². The van der Waals surface area contributed by atoms with Crippen molar-refractivity contribution < 1.29 is 13.2 Å². The van der Waals surface area contributed by atoms with Crippen LogP contribution < -0.4 is 5.32 Å². The van der Waals surface area contributed by atoms with E-state index in [4.69, 9.17) is 17.5 Å². The van der Waals surface area contributed by atoms with E-state index in [1.165, 1.54) is 12.1 Å². The van der Waals surface area contributed by atoms with Crippen LogP contribution in [0.15, 0.2) is 61.1 Å². The Labute approximate surface area is 215 Å². The lowest BCUT2D eigenvalue weighted by atomic mass is 10.1. The Morgan fingerprint density at radius 2 is 1.89 bits per heavy atom. The highest BCUT2D eigenvalue weighted by Crippen LogP contribution is 2.32. The third kappa shape index (κ3) is 7.82. The van der Waals surface area contributed by atoms with Crippen molar-refractivity contribution >= 4 is 17.3 Å². The maximum atomic E-state index is 13.6. The summed E-state index contributed by atoms with van der Waals surface area (Å²) < 4.78 is 42.7. The van der Waals surface area contributed by atoms with Crippen molar-refractivity contribution in [3.8, 4) is 6.07 Å². The Bertz CT molecular complexity index is 1170. The van der Waals surface area contributed by atoms with E-state index in [0.29, 0.717) is 43.2 Å². The van der Waals surface area contributed by atoms with Crippen LogP contribution in [0.5, 0.6) is 0 Å². The summed E-state index contributed by atoms with van der Waals surface area (Å²) >= 11 is 5.56. The first kappa shape index (κ1) is 27.2. The molecule has 3 aromatic rings. The SMILES string of the molecule is CCCCNC(=S)N(CCCc1cncn1Cc1ccc(C#N)cc1)Cc1ccccc1C(F)(F)F. The first-order valence-corrected chi connectivity index (χ1v) is 12.4. The van der Waals surface area contributed by atoms with Crippen molar-refractivity contribution in [3.63, 3.8) is 0 Å². The number of aryl methyl sites for hydroxylation is 1. The summed E-state index contributed by atoms with van der Waals surface area (Å²) in [7, 11) is 0. The summed E-state index contributed by atoms with van der Waals surface area (Å²) in [5.41, 5.74) is 2.27. The molecule has 36 heavy (non-hydrogen) atoms. The van der Waals surface area contributed by atoms with Gasteiger partial charge in [-0.3, -0.25) is 0 Å². The molecule has 1 N–H and O–H groups in total. The number of hydrogen-bond donors (Lipinski definition) is 1. The number of rotatable bonds is 11. The highest BCUT2D eigenvalue weighted by atomic mass is 32.1. The Morgan fingerprint density at radius 1 is 1.14 bits per heavy atom. The minimum atomic E-state index is -4.42. The quantitative estimate of drug-likeness (QED) is 0.254. The highest BCUT2D eigenvalue weighted by Gasteiger charge is 2.33. The number of halogens is 3. The molecule has 3 rings (SSSR count). The molecule has 0 aliphatic rings. The normalized spacial score (nSPS) is 11.2. The van der Waals surface area contributed by atoms with Gasteiger partial charge in [0.05, 0.1) is 23.5 Å². The molecule has 9 heteroatoms. The number of benzene rings is 2. The van der Waals surface area contributed by atoms with Crippen molar-refractivity contribution in [1.82, 2.24) is 19.8 Å². The fraction of sp³-hybridized carbons (Fsp3) is 0.370. The zero-order valence-electron chi connectivity index (χ0n) is 20.3. The average Bonchev–Trinajstić information content (AvgIpc) is 3.30. The van der Waals surface area contributed by atoms with Gasteiger partial charge in [-0.2, -0.15) is 18.4 Å². The summed E-state index contributed by atoms with van der Waals surface area (Å²) in [5.74, 6) is 0. The van der Waals surface area contributed by atoms with Gasteiger partial charge in [-0.05, 0) is 60.8 Å². The molecule has 0 saturated carbocycles. The van der Waals surface area contributed by atoms with E-state index in [9.17, 15) is 13.2 Å². The molecular weight excluding hydrogens is 483 g/mol. The number of aromatic nitrogens is 2. The number of unbranched alkanes of at least 4 members (excludes halogenated alkanes) is 1. The van der Waals surface area contributed by atoms with Gasteiger partial charge in [-0.15, -0.1) is 0 Å². The average molecular weight is 514 g/mol. The fourth-order valence-corrected chi connectivity index (χ4v) is 4.17. The molecule has 1 aromatic heterocycles. The smallest absolute Gasteiger partial charge is 0.363 e. The second-order valence-electron chi connectivity index (χ2n) is 8.59. The highest BCUT2D eigenvalue weighted by molar-refractivity contribution is 7.80. The van der Waals surface area contributed by atoms with Gasteiger partial charge in [0.2, 0.25) is 0 Å². The first-order valence-electron chi connectivity index (χ1n) is 12.0. The Kier molecular flexibility index (Phi) is 9.88. The van der Waals surface area contributed by atoms with E-state index in [1.54, 1.807) is 24.5 Å². The number of alkyl halides is 3. The van der Waals surface area contributed by atoms with E-state index >= 15 is 0 Å². The number of nitrogens with zero attached hydrogens (tertiary/aromatic N) is 4. The maximum Gasteiger partial charge on any atom is 0.416 e. The number of nitrogens with one attached hydrogen (secondary N) is 1. The van der Waals surface area contributed by atoms with Crippen molar-refractivity contribution in [2.75, 3.05) is 13.1 Å². The van der Waals surface area contributed by atoms with Gasteiger partial charge in [-0.1, -0.05) is 43.7 Å². The molecule has 0 aliphatic heterocycles. The molecule has 1 heterocycles. The molecule has 0 fully saturated rings. The van der Waals surface area contributed by atoms with E-state index in [0.717, 1.165) is 30.2 Å². The summed E-state index contributed by atoms with van der Waals surface area (Å²) in [6, 6.07) is 15.2. The molecule has 0 saturated heterocycles. The molecular formula is C27H30F3N5S. The van der Waals surface area contributed by atoms with Crippen LogP contribution in [-0.2, 0) is 25.7 Å². The van der Waals surface area contributed by atoms with Gasteiger partial charge in [0.25, 0.3) is 0 Å². The molecule has 2 aromatic carbocycles. The van der Waals surface area contributed by atoms with Gasteiger partial charge < -0.3 is 14.8 Å². The number of hydrogen-bond acceptors (Lipinski definition) is 3. The zero-order valence-corrected chi connectivity index (χ0v) is 21.1. The van der Waals surface area contributed by atoms with Crippen LogP contribution in [-0.4, -0.2) is 32.7 Å². The molecule has 5 nitrogen and oxygen atoms in total. The van der Waals surface area contributed by atoms with Crippen LogP contribution in [0.4, 0.5) is 13.2 Å². The largest absolute Gasteiger partial charge is 0.416 e. The molecule has 190 valence electrons. The molecule has 0 atom stereocenters. The maximum absolute atomic E-state index is 13.6. The number of thiocarbonyl (C=S) groups is 1. The van der Waals surface area contributed by atoms with Crippen LogP contribution in [0.3, 0.4) is 0 Å². The van der Waals surface area contributed by atoms with Crippen LogP contribution in [0.25, 0.3) is 0 Å². The third-order valence-corrected chi connectivity index (χ3v) is 6.28. The van der Waals surface area contributed by atoms with Gasteiger partial charge >= 0.3 is 6.18 Å². The van der Waals surface area contributed by atoms with E-state index in [2.05, 4.69) is 23.3 Å². The Morgan fingerprint density at radius 3 is 2.58 bits per heavy atom. The number of imidazole rings is 1. The van der Waals surface area contributed by atoms with Crippen LogP contribution in [0.1, 0.15) is 54.1 Å². The predicted molar refractivity (Wildman–Crippen MR) is 138 cm³/mol. The van der Waals surface area contributed by atoms with E-state index in [1.807, 2.05) is 27.8 Å².